The Morgan fingerprint density at radius 1 is 1.13 bits per heavy atom. The van der Waals surface area contributed by atoms with Crippen molar-refractivity contribution in [2.24, 2.45) is 0 Å². The summed E-state index contributed by atoms with van der Waals surface area (Å²) in [6.45, 7) is 13.1. The van der Waals surface area contributed by atoms with Gasteiger partial charge >= 0.3 is 0 Å². The topological polar surface area (TPSA) is 67.4 Å². The highest BCUT2D eigenvalue weighted by Gasteiger charge is 2.22. The molecule has 1 aromatic carbocycles. The molecule has 1 aliphatic rings. The van der Waals surface area contributed by atoms with E-state index in [0.29, 0.717) is 19.5 Å². The second-order valence-corrected chi connectivity index (χ2v) is 9.56. The number of carbonyl (C=O) groups is 1. The van der Waals surface area contributed by atoms with Gasteiger partial charge in [-0.05, 0) is 25.5 Å². The number of oxazole rings is 1. The summed E-state index contributed by atoms with van der Waals surface area (Å²) >= 11 is 0. The fourth-order valence-electron chi connectivity index (χ4n) is 4.04. The number of amides is 1. The fourth-order valence-corrected chi connectivity index (χ4v) is 4.04. The van der Waals surface area contributed by atoms with Crippen LogP contribution < -0.4 is 0 Å². The van der Waals surface area contributed by atoms with E-state index in [1.54, 1.807) is 0 Å². The molecule has 0 bridgehead atoms. The smallest absolute Gasteiger partial charge is 0.224 e. The van der Waals surface area contributed by atoms with Gasteiger partial charge in [0.15, 0.2) is 0 Å². The van der Waals surface area contributed by atoms with Gasteiger partial charge in [0, 0.05) is 43.4 Å². The average Bonchev–Trinajstić information content (AvgIpc) is 3.27. The molecule has 166 valence electrons. The molecule has 3 aromatic rings. The minimum absolute atomic E-state index is 0.0357. The fraction of sp³-hybridized carbons (Fsp3) is 0.542. The number of fused-ring (bicyclic) bond motifs is 1. The van der Waals surface area contributed by atoms with E-state index in [1.807, 2.05) is 22.0 Å². The van der Waals surface area contributed by atoms with Gasteiger partial charge in [-0.15, -0.1) is 0 Å². The zero-order valence-electron chi connectivity index (χ0n) is 19.1. The second kappa shape index (κ2) is 8.83. The van der Waals surface area contributed by atoms with Crippen molar-refractivity contribution >= 4 is 16.8 Å². The first kappa shape index (κ1) is 21.6. The first-order chi connectivity index (χ1) is 14.8. The molecule has 0 saturated carbocycles. The van der Waals surface area contributed by atoms with Gasteiger partial charge in [-0.2, -0.15) is 5.10 Å². The predicted octanol–water partition coefficient (Wildman–Crippen LogP) is 3.75. The van der Waals surface area contributed by atoms with Gasteiger partial charge in [-0.3, -0.25) is 14.4 Å². The van der Waals surface area contributed by atoms with Crippen molar-refractivity contribution < 1.29 is 9.21 Å². The van der Waals surface area contributed by atoms with Gasteiger partial charge in [0.1, 0.15) is 5.76 Å². The number of nitrogens with zero attached hydrogens (tertiary/aromatic N) is 5. The molecule has 0 aliphatic carbocycles. The van der Waals surface area contributed by atoms with Crippen LogP contribution in [0, 0.1) is 6.92 Å². The van der Waals surface area contributed by atoms with Crippen molar-refractivity contribution in [1.82, 2.24) is 24.6 Å². The maximum Gasteiger partial charge on any atom is 0.224 e. The van der Waals surface area contributed by atoms with Crippen molar-refractivity contribution in [2.45, 2.75) is 59.0 Å². The van der Waals surface area contributed by atoms with Crippen molar-refractivity contribution in [3.63, 3.8) is 0 Å². The maximum atomic E-state index is 12.9. The molecule has 7 nitrogen and oxygen atoms in total. The number of carbonyl (C=O) groups excluding carboxylic acids is 1. The van der Waals surface area contributed by atoms with Crippen LogP contribution in [-0.4, -0.2) is 56.7 Å². The number of benzene rings is 1. The highest BCUT2D eigenvalue weighted by molar-refractivity contribution is 5.80. The number of aromatic nitrogens is 3. The van der Waals surface area contributed by atoms with Crippen LogP contribution in [-0.2, 0) is 23.3 Å². The molecule has 7 heteroatoms. The summed E-state index contributed by atoms with van der Waals surface area (Å²) in [6, 6.07) is 6.30. The summed E-state index contributed by atoms with van der Waals surface area (Å²) in [4.78, 5) is 21.6. The van der Waals surface area contributed by atoms with E-state index in [-0.39, 0.29) is 11.3 Å². The normalized spacial score (nSPS) is 16.1. The van der Waals surface area contributed by atoms with Crippen molar-refractivity contribution in [3.05, 3.63) is 47.8 Å². The molecule has 0 N–H and O–H groups in total. The summed E-state index contributed by atoms with van der Waals surface area (Å²) in [7, 11) is 0. The number of hydrogen-bond acceptors (Lipinski definition) is 5. The lowest BCUT2D eigenvalue weighted by Crippen LogP contribution is -2.35. The Morgan fingerprint density at radius 3 is 2.74 bits per heavy atom. The maximum absolute atomic E-state index is 12.9. The minimum Gasteiger partial charge on any atom is -0.444 e. The largest absolute Gasteiger partial charge is 0.444 e. The van der Waals surface area contributed by atoms with E-state index in [9.17, 15) is 4.79 Å². The zero-order valence-corrected chi connectivity index (χ0v) is 19.1. The lowest BCUT2D eigenvalue weighted by atomic mass is 9.94. The molecule has 0 spiro atoms. The Hall–Kier alpha value is -2.67. The predicted molar refractivity (Wildman–Crippen MR) is 121 cm³/mol. The molecule has 1 aliphatic heterocycles. The Balaban J connectivity index is 1.29. The van der Waals surface area contributed by atoms with Crippen molar-refractivity contribution in [3.8, 4) is 0 Å². The molecule has 2 aromatic heterocycles. The molecule has 31 heavy (non-hydrogen) atoms. The molecule has 0 radical (unpaired) electrons. The number of hydrogen-bond donors (Lipinski definition) is 0. The summed E-state index contributed by atoms with van der Waals surface area (Å²) in [5.41, 5.74) is 2.27. The number of aryl methyl sites for hydroxylation is 2. The summed E-state index contributed by atoms with van der Waals surface area (Å²) < 4.78 is 7.88. The van der Waals surface area contributed by atoms with Gasteiger partial charge < -0.3 is 9.32 Å². The molecule has 4 rings (SSSR count). The highest BCUT2D eigenvalue weighted by atomic mass is 16.4. The molecule has 3 heterocycles. The van der Waals surface area contributed by atoms with Crippen LogP contribution in [0.4, 0.5) is 0 Å². The molecular formula is C24H33N5O2. The van der Waals surface area contributed by atoms with E-state index >= 15 is 0 Å². The van der Waals surface area contributed by atoms with Gasteiger partial charge in [-0.25, -0.2) is 4.98 Å². The highest BCUT2D eigenvalue weighted by Crippen LogP contribution is 2.23. The second-order valence-electron chi connectivity index (χ2n) is 9.56. The van der Waals surface area contributed by atoms with E-state index in [4.69, 9.17) is 4.42 Å². The SMILES string of the molecule is Cc1ccc2c(cnn2CCC(=O)N2CCCN(Cc3ncc(C(C)(C)C)o3)CC2)c1. The van der Waals surface area contributed by atoms with Gasteiger partial charge in [0.2, 0.25) is 11.8 Å². The third-order valence-corrected chi connectivity index (χ3v) is 5.93. The van der Waals surface area contributed by atoms with Crippen LogP contribution in [0.25, 0.3) is 10.9 Å². The van der Waals surface area contributed by atoms with Crippen LogP contribution >= 0.6 is 0 Å². The molecular weight excluding hydrogens is 390 g/mol. The van der Waals surface area contributed by atoms with Gasteiger partial charge in [-0.1, -0.05) is 32.4 Å². The van der Waals surface area contributed by atoms with Gasteiger partial charge in [0.25, 0.3) is 0 Å². The Bertz CT molecular complexity index is 1050. The Morgan fingerprint density at radius 2 is 1.97 bits per heavy atom. The first-order valence-electron chi connectivity index (χ1n) is 11.2. The van der Waals surface area contributed by atoms with Crippen molar-refractivity contribution in [1.29, 1.82) is 0 Å². The summed E-state index contributed by atoms with van der Waals surface area (Å²) in [5, 5.41) is 5.59. The average molecular weight is 424 g/mol. The van der Waals surface area contributed by atoms with Crippen LogP contribution in [0.2, 0.25) is 0 Å². The van der Waals surface area contributed by atoms with Gasteiger partial charge in [0.05, 0.1) is 31.0 Å². The molecule has 1 amide bonds. The molecule has 1 saturated heterocycles. The lowest BCUT2D eigenvalue weighted by Gasteiger charge is -2.21. The third-order valence-electron chi connectivity index (χ3n) is 5.93. The standard InChI is InChI=1S/C24H33N5O2/c1-18-6-7-20-19(14-18)15-26-29(20)11-8-23(30)28-10-5-9-27(12-13-28)17-22-25-16-21(31-22)24(2,3)4/h6-7,14-16H,5,8-13,17H2,1-4H3. The van der Waals surface area contributed by atoms with Crippen molar-refractivity contribution in [2.75, 3.05) is 26.2 Å². The lowest BCUT2D eigenvalue weighted by molar-refractivity contribution is -0.131. The molecule has 1 fully saturated rings. The van der Waals surface area contributed by atoms with E-state index in [1.165, 1.54) is 5.56 Å². The van der Waals surface area contributed by atoms with Crippen LogP contribution in [0.1, 0.15) is 50.8 Å². The molecule has 0 atom stereocenters. The third kappa shape index (κ3) is 5.15. The van der Waals surface area contributed by atoms with Crippen LogP contribution in [0.15, 0.2) is 35.0 Å². The minimum atomic E-state index is -0.0357. The quantitative estimate of drug-likeness (QED) is 0.625. The Labute approximate surface area is 184 Å². The van der Waals surface area contributed by atoms with E-state index in [0.717, 1.165) is 55.2 Å². The molecule has 0 unspecified atom stereocenters. The zero-order chi connectivity index (χ0) is 22.0. The first-order valence-corrected chi connectivity index (χ1v) is 11.2. The Kier molecular flexibility index (Phi) is 6.14. The number of rotatable bonds is 5. The summed E-state index contributed by atoms with van der Waals surface area (Å²) in [5.74, 6) is 1.87. The van der Waals surface area contributed by atoms with Crippen LogP contribution in [0.5, 0.6) is 0 Å². The van der Waals surface area contributed by atoms with Crippen LogP contribution in [0.3, 0.4) is 0 Å². The monoisotopic (exact) mass is 423 g/mol. The van der Waals surface area contributed by atoms with E-state index < -0.39 is 0 Å². The van der Waals surface area contributed by atoms with E-state index in [2.05, 4.69) is 60.9 Å². The summed E-state index contributed by atoms with van der Waals surface area (Å²) in [6.07, 6.45) is 5.15.